The van der Waals surface area contributed by atoms with Crippen LogP contribution in [0.15, 0.2) is 66.7 Å². The second-order valence-electron chi connectivity index (χ2n) is 6.11. The maximum Gasteiger partial charge on any atom is 0.333 e. The Morgan fingerprint density at radius 3 is 2.54 bits per heavy atom. The molecule has 3 atom stereocenters. The fourth-order valence-electron chi connectivity index (χ4n) is 3.11. The second kappa shape index (κ2) is 6.36. The average Bonchev–Trinajstić information content (AvgIpc) is 3.01. The van der Waals surface area contributed by atoms with E-state index in [2.05, 4.69) is 0 Å². The van der Waals surface area contributed by atoms with Crippen molar-refractivity contribution in [1.82, 2.24) is 0 Å². The summed E-state index contributed by atoms with van der Waals surface area (Å²) in [6.45, 7) is 0. The Kier molecular flexibility index (Phi) is 4.02. The van der Waals surface area contributed by atoms with Gasteiger partial charge in [-0.2, -0.15) is 0 Å². The summed E-state index contributed by atoms with van der Waals surface area (Å²) >= 11 is 0. The van der Waals surface area contributed by atoms with E-state index in [0.29, 0.717) is 5.56 Å². The molecule has 132 valence electrons. The summed E-state index contributed by atoms with van der Waals surface area (Å²) in [7, 11) is 0. The van der Waals surface area contributed by atoms with Gasteiger partial charge < -0.3 is 14.2 Å². The number of carbonyl (C=O) groups is 1. The molecule has 1 spiro atoms. The van der Waals surface area contributed by atoms with Crippen LogP contribution in [0.2, 0.25) is 0 Å². The Hall–Kier alpha value is -3.03. The van der Waals surface area contributed by atoms with Crippen LogP contribution in [0.4, 0.5) is 5.69 Å². The smallest absolute Gasteiger partial charge is 0.333 e. The normalized spacial score (nSPS) is 27.5. The van der Waals surface area contributed by atoms with Crippen LogP contribution in [0.5, 0.6) is 0 Å². The first-order valence-corrected chi connectivity index (χ1v) is 8.09. The molecule has 0 radical (unpaired) electrons. The van der Waals surface area contributed by atoms with Gasteiger partial charge in [-0.05, 0) is 11.6 Å². The van der Waals surface area contributed by atoms with E-state index < -0.39 is 29.1 Å². The maximum atomic E-state index is 11.6. The molecule has 2 aromatic rings. The highest BCUT2D eigenvalue weighted by Crippen LogP contribution is 2.45. The third kappa shape index (κ3) is 3.10. The molecular weight excluding hydrogens is 338 g/mol. The van der Waals surface area contributed by atoms with Crippen LogP contribution in [0.1, 0.15) is 29.9 Å². The molecule has 2 aromatic carbocycles. The lowest BCUT2D eigenvalue weighted by Gasteiger charge is -2.40. The van der Waals surface area contributed by atoms with Gasteiger partial charge in [0.05, 0.1) is 11.0 Å². The highest BCUT2D eigenvalue weighted by atomic mass is 16.8. The standard InChI is InChI=1S/C19H15NO6/c21-17-9-10-19(25-17)12-16(14-7-4-8-15(11-14)20(22)23)24-18(26-19)13-5-2-1-3-6-13/h1-11,16,18H,12H2/t16-,18+,19-/m0/s1. The van der Waals surface area contributed by atoms with Crippen LogP contribution in [-0.4, -0.2) is 16.7 Å². The number of ether oxygens (including phenoxy) is 3. The van der Waals surface area contributed by atoms with Crippen molar-refractivity contribution in [2.24, 2.45) is 0 Å². The zero-order valence-electron chi connectivity index (χ0n) is 13.6. The number of non-ortho nitro benzene ring substituents is 1. The summed E-state index contributed by atoms with van der Waals surface area (Å²) in [5.41, 5.74) is 1.36. The molecule has 0 unspecified atom stereocenters. The molecule has 1 saturated heterocycles. The molecular formula is C19H15NO6. The Balaban J connectivity index is 1.70. The minimum Gasteiger partial charge on any atom is -0.426 e. The molecule has 0 saturated carbocycles. The molecule has 7 heteroatoms. The van der Waals surface area contributed by atoms with Crippen LogP contribution < -0.4 is 0 Å². The SMILES string of the molecule is O=C1C=C[C@]2(C[C@@H](c3cccc([N+](=O)[O-])c3)O[C@@H](c3ccccc3)O2)O1. The van der Waals surface area contributed by atoms with E-state index in [1.165, 1.54) is 18.2 Å². The monoisotopic (exact) mass is 353 g/mol. The number of esters is 1. The number of benzene rings is 2. The molecule has 0 aliphatic carbocycles. The number of hydrogen-bond donors (Lipinski definition) is 0. The summed E-state index contributed by atoms with van der Waals surface area (Å²) in [4.78, 5) is 22.2. The summed E-state index contributed by atoms with van der Waals surface area (Å²) in [6, 6.07) is 15.5. The average molecular weight is 353 g/mol. The van der Waals surface area contributed by atoms with Gasteiger partial charge in [-0.1, -0.05) is 42.5 Å². The van der Waals surface area contributed by atoms with Crippen molar-refractivity contribution >= 4 is 11.7 Å². The topological polar surface area (TPSA) is 87.9 Å². The summed E-state index contributed by atoms with van der Waals surface area (Å²) in [5.74, 6) is -1.73. The lowest BCUT2D eigenvalue weighted by molar-refractivity contribution is -0.385. The first-order chi connectivity index (χ1) is 12.5. The van der Waals surface area contributed by atoms with Gasteiger partial charge >= 0.3 is 5.97 Å². The molecule has 0 amide bonds. The Labute approximate surface area is 148 Å². The van der Waals surface area contributed by atoms with E-state index in [-0.39, 0.29) is 12.1 Å². The van der Waals surface area contributed by atoms with Crippen LogP contribution in [0, 0.1) is 10.1 Å². The molecule has 0 N–H and O–H groups in total. The molecule has 26 heavy (non-hydrogen) atoms. The third-order valence-electron chi connectivity index (χ3n) is 4.34. The third-order valence-corrected chi connectivity index (χ3v) is 4.34. The Morgan fingerprint density at radius 2 is 1.85 bits per heavy atom. The van der Waals surface area contributed by atoms with Gasteiger partial charge in [0.2, 0.25) is 5.79 Å². The molecule has 0 bridgehead atoms. The van der Waals surface area contributed by atoms with Crippen LogP contribution >= 0.6 is 0 Å². The summed E-state index contributed by atoms with van der Waals surface area (Å²) in [5, 5.41) is 11.1. The fourth-order valence-corrected chi connectivity index (χ4v) is 3.11. The van der Waals surface area contributed by atoms with Gasteiger partial charge in [0, 0.05) is 30.2 Å². The van der Waals surface area contributed by atoms with Gasteiger partial charge in [0.25, 0.3) is 5.69 Å². The van der Waals surface area contributed by atoms with Crippen LogP contribution in [0.25, 0.3) is 0 Å². The summed E-state index contributed by atoms with van der Waals surface area (Å²) < 4.78 is 17.4. The molecule has 4 rings (SSSR count). The predicted octanol–water partition coefficient (Wildman–Crippen LogP) is 3.58. The number of carbonyl (C=O) groups excluding carboxylic acids is 1. The molecule has 2 aliphatic heterocycles. The maximum absolute atomic E-state index is 11.6. The minimum atomic E-state index is -1.24. The van der Waals surface area contributed by atoms with Crippen molar-refractivity contribution in [3.05, 3.63) is 88.0 Å². The Morgan fingerprint density at radius 1 is 1.08 bits per heavy atom. The fraction of sp³-hybridized carbons (Fsp3) is 0.211. The van der Waals surface area contributed by atoms with E-state index in [9.17, 15) is 14.9 Å². The largest absolute Gasteiger partial charge is 0.426 e. The van der Waals surface area contributed by atoms with E-state index in [4.69, 9.17) is 14.2 Å². The van der Waals surface area contributed by atoms with Crippen molar-refractivity contribution in [1.29, 1.82) is 0 Å². The zero-order chi connectivity index (χ0) is 18.1. The minimum absolute atomic E-state index is 0.0261. The molecule has 0 aromatic heterocycles. The van der Waals surface area contributed by atoms with Gasteiger partial charge in [-0.3, -0.25) is 10.1 Å². The highest BCUT2D eigenvalue weighted by Gasteiger charge is 2.47. The van der Waals surface area contributed by atoms with Crippen molar-refractivity contribution in [2.45, 2.75) is 24.6 Å². The first kappa shape index (κ1) is 16.4. The number of nitro benzene ring substituents is 1. The van der Waals surface area contributed by atoms with Gasteiger partial charge in [0.1, 0.15) is 0 Å². The van der Waals surface area contributed by atoms with Gasteiger partial charge in [-0.15, -0.1) is 0 Å². The van der Waals surface area contributed by atoms with Crippen molar-refractivity contribution in [3.63, 3.8) is 0 Å². The van der Waals surface area contributed by atoms with Crippen LogP contribution in [-0.2, 0) is 19.0 Å². The number of rotatable bonds is 3. The molecule has 2 aliphatic rings. The Bertz CT molecular complexity index is 881. The molecule has 2 heterocycles. The van der Waals surface area contributed by atoms with E-state index in [1.807, 2.05) is 30.3 Å². The lowest BCUT2D eigenvalue weighted by Crippen LogP contribution is -2.41. The lowest BCUT2D eigenvalue weighted by atomic mass is 9.98. The molecule has 7 nitrogen and oxygen atoms in total. The van der Waals surface area contributed by atoms with E-state index in [1.54, 1.807) is 18.2 Å². The first-order valence-electron chi connectivity index (χ1n) is 8.09. The molecule has 1 fully saturated rings. The summed E-state index contributed by atoms with van der Waals surface area (Å²) in [6.07, 6.45) is 1.78. The van der Waals surface area contributed by atoms with Crippen molar-refractivity contribution in [2.75, 3.05) is 0 Å². The van der Waals surface area contributed by atoms with E-state index in [0.717, 1.165) is 5.56 Å². The van der Waals surface area contributed by atoms with Gasteiger partial charge in [-0.25, -0.2) is 4.79 Å². The van der Waals surface area contributed by atoms with Crippen molar-refractivity contribution < 1.29 is 23.9 Å². The zero-order valence-corrected chi connectivity index (χ0v) is 13.6. The van der Waals surface area contributed by atoms with Crippen molar-refractivity contribution in [3.8, 4) is 0 Å². The van der Waals surface area contributed by atoms with Gasteiger partial charge in [0.15, 0.2) is 6.29 Å². The van der Waals surface area contributed by atoms with E-state index >= 15 is 0 Å². The van der Waals surface area contributed by atoms with Crippen LogP contribution in [0.3, 0.4) is 0 Å². The predicted molar refractivity (Wildman–Crippen MR) is 89.8 cm³/mol. The highest BCUT2D eigenvalue weighted by molar-refractivity contribution is 5.85. The quantitative estimate of drug-likeness (QED) is 0.476. The number of nitrogens with zero attached hydrogens (tertiary/aromatic N) is 1. The number of nitro groups is 1. The number of hydrogen-bond acceptors (Lipinski definition) is 6. The second-order valence-corrected chi connectivity index (χ2v) is 6.11.